The van der Waals surface area contributed by atoms with Crippen molar-refractivity contribution < 1.29 is 4.79 Å². The van der Waals surface area contributed by atoms with Gasteiger partial charge in [0.1, 0.15) is 5.82 Å². The molecule has 0 saturated carbocycles. The lowest BCUT2D eigenvalue weighted by atomic mass is 9.88. The molecule has 7 nitrogen and oxygen atoms in total. The molecule has 0 atom stereocenters. The van der Waals surface area contributed by atoms with Crippen LogP contribution in [-0.4, -0.2) is 54.4 Å². The molecule has 0 aliphatic carbocycles. The van der Waals surface area contributed by atoms with E-state index in [4.69, 9.17) is 11.6 Å². The summed E-state index contributed by atoms with van der Waals surface area (Å²) in [5.74, 6) is 1.35. The van der Waals surface area contributed by atoms with E-state index >= 15 is 0 Å². The summed E-state index contributed by atoms with van der Waals surface area (Å²) in [5.41, 5.74) is 3.29. The number of nitrogens with one attached hydrogen (secondary N) is 1. The van der Waals surface area contributed by atoms with Crippen LogP contribution >= 0.6 is 11.6 Å². The van der Waals surface area contributed by atoms with Crippen molar-refractivity contribution in [2.24, 2.45) is 4.99 Å². The minimum absolute atomic E-state index is 0.0198. The maximum Gasteiger partial charge on any atom is 0.317 e. The molecule has 3 aromatic rings. The van der Waals surface area contributed by atoms with Crippen LogP contribution < -0.4 is 10.2 Å². The van der Waals surface area contributed by atoms with E-state index in [0.29, 0.717) is 10.9 Å². The van der Waals surface area contributed by atoms with Gasteiger partial charge >= 0.3 is 6.03 Å². The second-order valence-corrected chi connectivity index (χ2v) is 8.29. The molecule has 4 rings (SSSR count). The van der Waals surface area contributed by atoms with Crippen molar-refractivity contribution in [1.29, 1.82) is 0 Å². The van der Waals surface area contributed by atoms with E-state index in [9.17, 15) is 4.79 Å². The fourth-order valence-electron chi connectivity index (χ4n) is 4.50. The number of hydrogen-bond acceptors (Lipinski definition) is 4. The molecule has 1 aliphatic rings. The molecule has 2 amide bonds. The van der Waals surface area contributed by atoms with Gasteiger partial charge in [-0.2, -0.15) is 0 Å². The van der Waals surface area contributed by atoms with Crippen LogP contribution in [0.1, 0.15) is 24.3 Å². The number of halogens is 1. The Morgan fingerprint density at radius 1 is 1.28 bits per heavy atom. The molecule has 3 heterocycles. The van der Waals surface area contributed by atoms with Gasteiger partial charge in [0.2, 0.25) is 0 Å². The van der Waals surface area contributed by atoms with Gasteiger partial charge in [-0.1, -0.05) is 11.6 Å². The average molecular weight is 451 g/mol. The van der Waals surface area contributed by atoms with Crippen LogP contribution in [0.15, 0.2) is 60.1 Å². The molecule has 0 spiro atoms. The molecule has 2 aromatic heterocycles. The summed E-state index contributed by atoms with van der Waals surface area (Å²) < 4.78 is 2.21. The van der Waals surface area contributed by atoms with E-state index in [1.54, 1.807) is 13.2 Å². The summed E-state index contributed by atoms with van der Waals surface area (Å²) in [7, 11) is 3.69. The number of carbonyl (C=O) groups is 1. The smallest absolute Gasteiger partial charge is 0.317 e. The van der Waals surface area contributed by atoms with Gasteiger partial charge in [0.15, 0.2) is 0 Å². The summed E-state index contributed by atoms with van der Waals surface area (Å²) in [6.45, 7) is 5.00. The zero-order chi connectivity index (χ0) is 22.7. The summed E-state index contributed by atoms with van der Waals surface area (Å²) in [4.78, 5) is 24.3. The third-order valence-electron chi connectivity index (χ3n) is 6.00. The van der Waals surface area contributed by atoms with Crippen LogP contribution in [0.3, 0.4) is 0 Å². The van der Waals surface area contributed by atoms with E-state index in [1.165, 1.54) is 5.56 Å². The van der Waals surface area contributed by atoms with E-state index in [2.05, 4.69) is 37.5 Å². The molecule has 1 aliphatic heterocycles. The average Bonchev–Trinajstić information content (AvgIpc) is 3.18. The molecule has 166 valence electrons. The number of fused-ring (bicyclic) bond motifs is 1. The lowest BCUT2D eigenvalue weighted by molar-refractivity contribution is 0.183. The monoisotopic (exact) mass is 450 g/mol. The quantitative estimate of drug-likeness (QED) is 0.567. The van der Waals surface area contributed by atoms with Gasteiger partial charge in [-0.25, -0.2) is 4.79 Å². The molecule has 32 heavy (non-hydrogen) atoms. The van der Waals surface area contributed by atoms with E-state index < -0.39 is 0 Å². The van der Waals surface area contributed by atoms with Gasteiger partial charge in [-0.05, 0) is 55.8 Å². The first-order valence-electron chi connectivity index (χ1n) is 10.6. The molecule has 1 aromatic carbocycles. The fraction of sp³-hybridized carbons (Fsp3) is 0.292. The van der Waals surface area contributed by atoms with Crippen molar-refractivity contribution in [3.8, 4) is 5.69 Å². The van der Waals surface area contributed by atoms with Gasteiger partial charge in [-0.15, -0.1) is 0 Å². The van der Waals surface area contributed by atoms with Crippen molar-refractivity contribution in [3.63, 3.8) is 0 Å². The van der Waals surface area contributed by atoms with Crippen LogP contribution in [0, 0.1) is 0 Å². The Hall–Kier alpha value is -3.32. The predicted octanol–water partition coefficient (Wildman–Crippen LogP) is 4.81. The lowest BCUT2D eigenvalue weighted by Crippen LogP contribution is -2.42. The van der Waals surface area contributed by atoms with Crippen LogP contribution in [0.4, 0.5) is 10.6 Å². The third-order valence-corrected chi connectivity index (χ3v) is 6.25. The van der Waals surface area contributed by atoms with Gasteiger partial charge in [-0.3, -0.25) is 14.5 Å². The number of carbonyl (C=O) groups excluding carboxylic acids is 1. The number of piperidine rings is 1. The number of anilines is 1. The number of amides is 2. The fourth-order valence-corrected chi connectivity index (χ4v) is 4.62. The minimum Gasteiger partial charge on any atom is -0.341 e. The topological polar surface area (TPSA) is 65.8 Å². The molecule has 1 N–H and O–H groups in total. The molecular formula is C24H27ClN6O. The van der Waals surface area contributed by atoms with Crippen molar-refractivity contribution in [2.75, 3.05) is 32.1 Å². The number of aromatic nitrogens is 2. The second-order valence-electron chi connectivity index (χ2n) is 7.85. The molecule has 8 heteroatoms. The van der Waals surface area contributed by atoms with E-state index in [1.807, 2.05) is 54.8 Å². The number of rotatable bonds is 5. The van der Waals surface area contributed by atoms with Crippen molar-refractivity contribution in [1.82, 2.24) is 19.8 Å². The highest BCUT2D eigenvalue weighted by atomic mass is 35.5. The Labute approximate surface area is 193 Å². The Morgan fingerprint density at radius 3 is 2.66 bits per heavy atom. The molecule has 0 bridgehead atoms. The maximum absolute atomic E-state index is 12.1. The second kappa shape index (κ2) is 9.44. The first-order chi connectivity index (χ1) is 15.5. The lowest BCUT2D eigenvalue weighted by Gasteiger charge is -2.33. The summed E-state index contributed by atoms with van der Waals surface area (Å²) in [5, 5.41) is 4.58. The number of nitrogens with zero attached hydrogens (tertiary/aromatic N) is 5. The van der Waals surface area contributed by atoms with E-state index in [-0.39, 0.29) is 6.03 Å². The Bertz CT molecular complexity index is 1150. The van der Waals surface area contributed by atoms with Crippen LogP contribution in [0.2, 0.25) is 5.02 Å². The Morgan fingerprint density at radius 2 is 2.00 bits per heavy atom. The zero-order valence-corrected chi connectivity index (χ0v) is 19.1. The Kier molecular flexibility index (Phi) is 6.46. The van der Waals surface area contributed by atoms with Gasteiger partial charge in [0, 0.05) is 67.4 Å². The van der Waals surface area contributed by atoms with Crippen molar-refractivity contribution in [2.45, 2.75) is 18.8 Å². The standard InChI is InChI=1S/C24H27ClN6O/c1-26-12-15-29(3)23-22(17-9-13-30(14-10-17)24(32)27-2)20-8-11-28-16-21(20)31(23)19-6-4-18(25)5-7-19/h4-8,11-12,15-17H,1,9-10,13-14H2,2-3H3,(H,27,32)/b15-12-. The number of aliphatic imine (C=N–C) groups is 1. The first kappa shape index (κ1) is 21.9. The van der Waals surface area contributed by atoms with Gasteiger partial charge < -0.3 is 15.1 Å². The van der Waals surface area contributed by atoms with Gasteiger partial charge in [0.05, 0.1) is 11.7 Å². The van der Waals surface area contributed by atoms with Crippen molar-refractivity contribution in [3.05, 3.63) is 65.7 Å². The number of urea groups is 1. The Balaban J connectivity index is 1.88. The largest absolute Gasteiger partial charge is 0.341 e. The minimum atomic E-state index is -0.0198. The van der Waals surface area contributed by atoms with Crippen LogP contribution in [0.5, 0.6) is 0 Å². The molecule has 1 fully saturated rings. The van der Waals surface area contributed by atoms with Gasteiger partial charge in [0.25, 0.3) is 0 Å². The number of pyridine rings is 1. The number of hydrogen-bond donors (Lipinski definition) is 1. The SMILES string of the molecule is C=N/C=C\N(C)c1c(C2CCN(C(=O)NC)CC2)c2ccncc2n1-c1ccc(Cl)cc1. The highest BCUT2D eigenvalue weighted by molar-refractivity contribution is 6.30. The number of benzene rings is 1. The van der Waals surface area contributed by atoms with Crippen molar-refractivity contribution >= 4 is 41.1 Å². The van der Waals surface area contributed by atoms with Crippen LogP contribution in [0.25, 0.3) is 16.6 Å². The number of likely N-dealkylation sites (tertiary alicyclic amines) is 1. The summed E-state index contributed by atoms with van der Waals surface area (Å²) in [6.07, 6.45) is 9.10. The normalized spacial score (nSPS) is 14.8. The molecule has 1 saturated heterocycles. The molecule has 0 radical (unpaired) electrons. The first-order valence-corrected chi connectivity index (χ1v) is 11.0. The maximum atomic E-state index is 12.1. The summed E-state index contributed by atoms with van der Waals surface area (Å²) in [6, 6.07) is 9.87. The van der Waals surface area contributed by atoms with Crippen LogP contribution in [-0.2, 0) is 0 Å². The zero-order valence-electron chi connectivity index (χ0n) is 18.3. The molecular weight excluding hydrogens is 424 g/mol. The van der Waals surface area contributed by atoms with E-state index in [0.717, 1.165) is 48.3 Å². The summed E-state index contributed by atoms with van der Waals surface area (Å²) >= 11 is 6.17. The molecule has 0 unspecified atom stereocenters. The third kappa shape index (κ3) is 4.08. The highest BCUT2D eigenvalue weighted by Crippen LogP contribution is 2.43. The predicted molar refractivity (Wildman–Crippen MR) is 131 cm³/mol. The highest BCUT2D eigenvalue weighted by Gasteiger charge is 2.30.